The van der Waals surface area contributed by atoms with Crippen molar-refractivity contribution < 1.29 is 9.47 Å². The van der Waals surface area contributed by atoms with Crippen LogP contribution in [0.1, 0.15) is 11.1 Å². The summed E-state index contributed by atoms with van der Waals surface area (Å²) in [5.41, 5.74) is 4.02. The highest BCUT2D eigenvalue weighted by Gasteiger charge is 2.17. The monoisotopic (exact) mass is 402 g/mol. The maximum atomic E-state index is 5.84. The predicted molar refractivity (Wildman–Crippen MR) is 123 cm³/mol. The molecule has 30 heavy (non-hydrogen) atoms. The van der Waals surface area contributed by atoms with E-state index in [-0.39, 0.29) is 0 Å². The van der Waals surface area contributed by atoms with E-state index in [1.54, 1.807) is 7.11 Å². The standard InChI is InChI=1S/C26H30N2O2/c1-29-25-11-13-26(14-12-25)30-20-15-22-7-9-23(10-8-22)21-27-16-18-28(19-17-27)24-5-3-2-4-6-24/h2-14H,15-21H2,1H3. The first-order valence-electron chi connectivity index (χ1n) is 10.7. The summed E-state index contributed by atoms with van der Waals surface area (Å²) in [6.45, 7) is 6.08. The number of piperazine rings is 1. The molecule has 1 fully saturated rings. The first-order chi connectivity index (χ1) is 14.8. The number of ether oxygens (including phenoxy) is 2. The lowest BCUT2D eigenvalue weighted by atomic mass is 10.1. The van der Waals surface area contributed by atoms with Gasteiger partial charge in [-0.15, -0.1) is 0 Å². The summed E-state index contributed by atoms with van der Waals surface area (Å²) in [5.74, 6) is 1.72. The molecule has 156 valence electrons. The molecule has 0 spiro atoms. The third-order valence-electron chi connectivity index (χ3n) is 5.64. The number of hydrogen-bond acceptors (Lipinski definition) is 4. The van der Waals surface area contributed by atoms with Crippen LogP contribution in [0.3, 0.4) is 0 Å². The molecule has 0 amide bonds. The van der Waals surface area contributed by atoms with Gasteiger partial charge in [-0.1, -0.05) is 42.5 Å². The molecule has 4 heteroatoms. The van der Waals surface area contributed by atoms with Gasteiger partial charge in [0, 0.05) is 44.8 Å². The summed E-state index contributed by atoms with van der Waals surface area (Å²) in [4.78, 5) is 5.02. The van der Waals surface area contributed by atoms with Crippen molar-refractivity contribution in [2.24, 2.45) is 0 Å². The zero-order valence-electron chi connectivity index (χ0n) is 17.7. The maximum absolute atomic E-state index is 5.84. The molecule has 3 aromatic rings. The highest BCUT2D eigenvalue weighted by Crippen LogP contribution is 2.18. The minimum Gasteiger partial charge on any atom is -0.497 e. The fraction of sp³-hybridized carbons (Fsp3) is 0.308. The van der Waals surface area contributed by atoms with Crippen LogP contribution in [0.2, 0.25) is 0 Å². The summed E-state index contributed by atoms with van der Waals surface area (Å²) < 4.78 is 11.0. The molecule has 1 aliphatic rings. The van der Waals surface area contributed by atoms with Crippen LogP contribution in [-0.2, 0) is 13.0 Å². The molecule has 0 N–H and O–H groups in total. The average molecular weight is 403 g/mol. The van der Waals surface area contributed by atoms with Crippen LogP contribution in [0.5, 0.6) is 11.5 Å². The quantitative estimate of drug-likeness (QED) is 0.548. The molecule has 0 unspecified atom stereocenters. The van der Waals surface area contributed by atoms with Gasteiger partial charge in [0.2, 0.25) is 0 Å². The third kappa shape index (κ3) is 5.55. The van der Waals surface area contributed by atoms with Crippen LogP contribution in [0.15, 0.2) is 78.9 Å². The molecule has 0 radical (unpaired) electrons. The SMILES string of the molecule is COc1ccc(OCCc2ccc(CN3CCN(c4ccccc4)CC3)cc2)cc1. The minimum atomic E-state index is 0.674. The minimum absolute atomic E-state index is 0.674. The van der Waals surface area contributed by atoms with Crippen LogP contribution in [-0.4, -0.2) is 44.8 Å². The van der Waals surface area contributed by atoms with E-state index in [2.05, 4.69) is 64.4 Å². The van der Waals surface area contributed by atoms with Gasteiger partial charge in [-0.05, 0) is 47.5 Å². The van der Waals surface area contributed by atoms with Gasteiger partial charge in [-0.3, -0.25) is 4.90 Å². The Morgan fingerprint density at radius 2 is 1.33 bits per heavy atom. The highest BCUT2D eigenvalue weighted by atomic mass is 16.5. The molecule has 0 saturated carbocycles. The Morgan fingerprint density at radius 3 is 2.00 bits per heavy atom. The fourth-order valence-corrected chi connectivity index (χ4v) is 3.83. The molecule has 0 aliphatic carbocycles. The summed E-state index contributed by atoms with van der Waals surface area (Å²) in [7, 11) is 1.67. The van der Waals surface area contributed by atoms with Crippen molar-refractivity contribution in [1.82, 2.24) is 4.90 Å². The highest BCUT2D eigenvalue weighted by molar-refractivity contribution is 5.46. The molecule has 1 aliphatic heterocycles. The molecule has 3 aromatic carbocycles. The Labute approximate surface area is 179 Å². The van der Waals surface area contributed by atoms with E-state index in [0.717, 1.165) is 50.6 Å². The second-order valence-corrected chi connectivity index (χ2v) is 7.69. The van der Waals surface area contributed by atoms with Crippen molar-refractivity contribution in [3.8, 4) is 11.5 Å². The van der Waals surface area contributed by atoms with Crippen molar-refractivity contribution in [3.63, 3.8) is 0 Å². The number of nitrogens with zero attached hydrogens (tertiary/aromatic N) is 2. The van der Waals surface area contributed by atoms with Crippen molar-refractivity contribution in [3.05, 3.63) is 90.0 Å². The first-order valence-corrected chi connectivity index (χ1v) is 10.7. The topological polar surface area (TPSA) is 24.9 Å². The van der Waals surface area contributed by atoms with E-state index >= 15 is 0 Å². The molecule has 0 bridgehead atoms. The zero-order valence-corrected chi connectivity index (χ0v) is 17.7. The second-order valence-electron chi connectivity index (χ2n) is 7.69. The van der Waals surface area contributed by atoms with Gasteiger partial charge < -0.3 is 14.4 Å². The first kappa shape index (κ1) is 20.3. The lowest BCUT2D eigenvalue weighted by molar-refractivity contribution is 0.250. The number of para-hydroxylation sites is 1. The van der Waals surface area contributed by atoms with Crippen molar-refractivity contribution in [2.75, 3.05) is 44.8 Å². The van der Waals surface area contributed by atoms with Crippen LogP contribution >= 0.6 is 0 Å². The molecule has 4 nitrogen and oxygen atoms in total. The number of benzene rings is 3. The van der Waals surface area contributed by atoms with E-state index in [9.17, 15) is 0 Å². The van der Waals surface area contributed by atoms with Crippen LogP contribution < -0.4 is 14.4 Å². The smallest absolute Gasteiger partial charge is 0.119 e. The predicted octanol–water partition coefficient (Wildman–Crippen LogP) is 4.64. The Morgan fingerprint density at radius 1 is 0.700 bits per heavy atom. The number of rotatable bonds is 8. The van der Waals surface area contributed by atoms with E-state index < -0.39 is 0 Å². The second kappa shape index (κ2) is 10.2. The van der Waals surface area contributed by atoms with Crippen molar-refractivity contribution >= 4 is 5.69 Å². The van der Waals surface area contributed by atoms with Crippen molar-refractivity contribution in [2.45, 2.75) is 13.0 Å². The number of hydrogen-bond donors (Lipinski definition) is 0. The Kier molecular flexibility index (Phi) is 6.88. The van der Waals surface area contributed by atoms with E-state index in [1.807, 2.05) is 24.3 Å². The van der Waals surface area contributed by atoms with Crippen LogP contribution in [0, 0.1) is 0 Å². The van der Waals surface area contributed by atoms with Gasteiger partial charge in [0.25, 0.3) is 0 Å². The van der Waals surface area contributed by atoms with Gasteiger partial charge in [-0.2, -0.15) is 0 Å². The molecule has 1 heterocycles. The molecular weight excluding hydrogens is 372 g/mol. The van der Waals surface area contributed by atoms with Gasteiger partial charge in [0.1, 0.15) is 11.5 Å². The van der Waals surface area contributed by atoms with E-state index in [0.29, 0.717) is 6.61 Å². The third-order valence-corrected chi connectivity index (χ3v) is 5.64. The molecule has 4 rings (SSSR count). The fourth-order valence-electron chi connectivity index (χ4n) is 3.83. The van der Waals surface area contributed by atoms with Crippen LogP contribution in [0.25, 0.3) is 0 Å². The summed E-state index contributed by atoms with van der Waals surface area (Å²) >= 11 is 0. The average Bonchev–Trinajstić information content (AvgIpc) is 2.82. The van der Waals surface area contributed by atoms with Gasteiger partial charge in [0.05, 0.1) is 13.7 Å². The zero-order chi connectivity index (χ0) is 20.6. The summed E-state index contributed by atoms with van der Waals surface area (Å²) in [6.07, 6.45) is 0.905. The number of methoxy groups -OCH3 is 1. The Bertz CT molecular complexity index is 887. The van der Waals surface area contributed by atoms with Gasteiger partial charge >= 0.3 is 0 Å². The lowest BCUT2D eigenvalue weighted by Gasteiger charge is -2.36. The summed E-state index contributed by atoms with van der Waals surface area (Å²) in [5, 5.41) is 0. The summed E-state index contributed by atoms with van der Waals surface area (Å²) in [6, 6.07) is 27.4. The maximum Gasteiger partial charge on any atom is 0.119 e. The van der Waals surface area contributed by atoms with Gasteiger partial charge in [0.15, 0.2) is 0 Å². The molecular formula is C26H30N2O2. The van der Waals surface area contributed by atoms with Gasteiger partial charge in [-0.25, -0.2) is 0 Å². The Hall–Kier alpha value is -2.98. The Balaban J connectivity index is 1.20. The lowest BCUT2D eigenvalue weighted by Crippen LogP contribution is -2.45. The molecule has 0 atom stereocenters. The molecule has 0 aromatic heterocycles. The molecule has 1 saturated heterocycles. The van der Waals surface area contributed by atoms with Crippen LogP contribution in [0.4, 0.5) is 5.69 Å². The van der Waals surface area contributed by atoms with Crippen molar-refractivity contribution in [1.29, 1.82) is 0 Å². The number of anilines is 1. The van der Waals surface area contributed by atoms with E-state index in [1.165, 1.54) is 16.8 Å². The normalized spacial score (nSPS) is 14.5. The van der Waals surface area contributed by atoms with E-state index in [4.69, 9.17) is 9.47 Å². The largest absolute Gasteiger partial charge is 0.497 e.